The van der Waals surface area contributed by atoms with Crippen molar-refractivity contribution < 1.29 is 9.51 Å². The van der Waals surface area contributed by atoms with Crippen LogP contribution in [0.1, 0.15) is 0 Å². The van der Waals surface area contributed by atoms with E-state index in [-0.39, 0.29) is 17.0 Å². The van der Waals surface area contributed by atoms with Crippen LogP contribution in [0.2, 0.25) is 0 Å². The Morgan fingerprint density at radius 3 is 2.21 bits per heavy atom. The molecular formula is C23H15N3O2. The van der Waals surface area contributed by atoms with Gasteiger partial charge in [-0.15, -0.1) is 0 Å². The van der Waals surface area contributed by atoms with Gasteiger partial charge in [-0.05, 0) is 29.8 Å². The first-order valence-corrected chi connectivity index (χ1v) is 8.92. The minimum atomic E-state index is -0.362. The zero-order chi connectivity index (χ0) is 19.1. The molecule has 0 bridgehead atoms. The summed E-state index contributed by atoms with van der Waals surface area (Å²) in [5.41, 5.74) is 2.83. The quantitative estimate of drug-likeness (QED) is 0.357. The Hall–Kier alpha value is -3.99. The Morgan fingerprint density at radius 2 is 1.46 bits per heavy atom. The summed E-state index contributed by atoms with van der Waals surface area (Å²) in [6.07, 6.45) is 1.58. The maximum Gasteiger partial charge on any atom is 0.350 e. The van der Waals surface area contributed by atoms with Crippen LogP contribution in [0.25, 0.3) is 33.5 Å². The van der Waals surface area contributed by atoms with Crippen molar-refractivity contribution in [3.05, 3.63) is 101 Å². The average molecular weight is 365 g/mol. The van der Waals surface area contributed by atoms with Crippen molar-refractivity contribution >= 4 is 16.7 Å². The zero-order valence-electron chi connectivity index (χ0n) is 14.8. The summed E-state index contributed by atoms with van der Waals surface area (Å²) in [5, 5.41) is 13.5. The molecule has 0 aliphatic rings. The van der Waals surface area contributed by atoms with Gasteiger partial charge in [0.05, 0.1) is 5.88 Å². The van der Waals surface area contributed by atoms with Gasteiger partial charge in [0, 0.05) is 0 Å². The first-order valence-electron chi connectivity index (χ1n) is 8.92. The minimum absolute atomic E-state index is 0.137. The molecule has 0 radical (unpaired) electrons. The normalized spacial score (nSPS) is 11.1. The average Bonchev–Trinajstić information content (AvgIpc) is 2.75. The molecule has 28 heavy (non-hydrogen) atoms. The maximum absolute atomic E-state index is 13.5. The van der Waals surface area contributed by atoms with E-state index in [0.29, 0.717) is 27.9 Å². The van der Waals surface area contributed by atoms with E-state index in [1.807, 2.05) is 72.8 Å². The number of fused-ring (bicyclic) bond motifs is 3. The summed E-state index contributed by atoms with van der Waals surface area (Å²) in [5.74, 6) is -0.350. The summed E-state index contributed by atoms with van der Waals surface area (Å²) in [6, 6.07) is 25.8. The molecule has 3 aromatic carbocycles. The van der Waals surface area contributed by atoms with E-state index in [2.05, 4.69) is 4.98 Å². The van der Waals surface area contributed by atoms with Gasteiger partial charge in [-0.25, -0.2) is 14.2 Å². The highest BCUT2D eigenvalue weighted by atomic mass is 16.3. The van der Waals surface area contributed by atoms with E-state index < -0.39 is 0 Å². The molecule has 0 atom stereocenters. The fraction of sp³-hybridized carbons (Fsp3) is 0. The van der Waals surface area contributed by atoms with Crippen molar-refractivity contribution in [3.63, 3.8) is 0 Å². The summed E-state index contributed by atoms with van der Waals surface area (Å²) in [6.45, 7) is 0. The SMILES string of the molecule is O=c1c(-c2ccccc2)c([O-])[n+]2c3ccccc3ncc2n1-c1ccccc1. The molecule has 5 rings (SSSR count). The summed E-state index contributed by atoms with van der Waals surface area (Å²) in [7, 11) is 0. The summed E-state index contributed by atoms with van der Waals surface area (Å²) < 4.78 is 3.11. The molecule has 0 aliphatic carbocycles. The first kappa shape index (κ1) is 16.2. The van der Waals surface area contributed by atoms with E-state index >= 15 is 0 Å². The Morgan fingerprint density at radius 1 is 0.821 bits per heavy atom. The lowest BCUT2D eigenvalue weighted by Crippen LogP contribution is -2.38. The van der Waals surface area contributed by atoms with E-state index in [0.717, 1.165) is 0 Å². The van der Waals surface area contributed by atoms with Crippen LogP contribution in [0.5, 0.6) is 5.88 Å². The molecule has 5 aromatic rings. The Balaban J connectivity index is 2.04. The van der Waals surface area contributed by atoms with Crippen LogP contribution in [-0.2, 0) is 0 Å². The molecule has 0 fully saturated rings. The molecule has 0 aliphatic heterocycles. The van der Waals surface area contributed by atoms with Crippen LogP contribution in [0.4, 0.5) is 0 Å². The highest BCUT2D eigenvalue weighted by Crippen LogP contribution is 2.23. The van der Waals surface area contributed by atoms with Crippen LogP contribution in [0.15, 0.2) is 95.9 Å². The molecular weight excluding hydrogens is 350 g/mol. The second-order valence-corrected chi connectivity index (χ2v) is 6.46. The Labute approximate surface area is 160 Å². The molecule has 0 saturated heterocycles. The van der Waals surface area contributed by atoms with Gasteiger partial charge in [-0.1, -0.05) is 60.7 Å². The molecule has 0 N–H and O–H groups in total. The van der Waals surface area contributed by atoms with Gasteiger partial charge in [0.2, 0.25) is 0 Å². The number of hydrogen-bond acceptors (Lipinski definition) is 3. The van der Waals surface area contributed by atoms with Gasteiger partial charge in [-0.2, -0.15) is 4.57 Å². The third kappa shape index (κ3) is 2.37. The van der Waals surface area contributed by atoms with Gasteiger partial charge in [0.15, 0.2) is 5.52 Å². The first-order chi connectivity index (χ1) is 13.8. The van der Waals surface area contributed by atoms with E-state index in [1.54, 1.807) is 27.3 Å². The number of nitrogens with zero attached hydrogens (tertiary/aromatic N) is 3. The predicted molar refractivity (Wildman–Crippen MR) is 105 cm³/mol. The lowest BCUT2D eigenvalue weighted by molar-refractivity contribution is -0.565. The molecule has 0 saturated carbocycles. The third-order valence-corrected chi connectivity index (χ3v) is 4.81. The summed E-state index contributed by atoms with van der Waals surface area (Å²) >= 11 is 0. The van der Waals surface area contributed by atoms with Crippen molar-refractivity contribution in [1.82, 2.24) is 9.55 Å². The molecule has 2 aromatic heterocycles. The van der Waals surface area contributed by atoms with Gasteiger partial charge in [0.1, 0.15) is 23.0 Å². The van der Waals surface area contributed by atoms with Crippen molar-refractivity contribution in [2.45, 2.75) is 0 Å². The number of para-hydroxylation sites is 3. The van der Waals surface area contributed by atoms with Crippen LogP contribution in [0.3, 0.4) is 0 Å². The monoisotopic (exact) mass is 365 g/mol. The number of hydrogen-bond donors (Lipinski definition) is 0. The second-order valence-electron chi connectivity index (χ2n) is 6.46. The van der Waals surface area contributed by atoms with Crippen molar-refractivity contribution in [2.24, 2.45) is 0 Å². The smallest absolute Gasteiger partial charge is 0.350 e. The van der Waals surface area contributed by atoms with Crippen molar-refractivity contribution in [1.29, 1.82) is 0 Å². The van der Waals surface area contributed by atoms with E-state index in [4.69, 9.17) is 0 Å². The van der Waals surface area contributed by atoms with Gasteiger partial charge in [0.25, 0.3) is 0 Å². The molecule has 0 spiro atoms. The molecule has 0 unspecified atom stereocenters. The molecule has 2 heterocycles. The van der Waals surface area contributed by atoms with Crippen molar-refractivity contribution in [3.8, 4) is 22.7 Å². The number of aromatic nitrogens is 3. The van der Waals surface area contributed by atoms with Crippen LogP contribution in [-0.4, -0.2) is 9.55 Å². The zero-order valence-corrected chi connectivity index (χ0v) is 14.8. The molecule has 5 nitrogen and oxygen atoms in total. The van der Waals surface area contributed by atoms with Crippen LogP contribution in [0, 0.1) is 0 Å². The third-order valence-electron chi connectivity index (χ3n) is 4.81. The van der Waals surface area contributed by atoms with Crippen LogP contribution >= 0.6 is 0 Å². The lowest BCUT2D eigenvalue weighted by Gasteiger charge is -2.16. The lowest BCUT2D eigenvalue weighted by atomic mass is 10.1. The largest absolute Gasteiger partial charge is 0.841 e. The molecule has 0 amide bonds. The minimum Gasteiger partial charge on any atom is -0.841 e. The van der Waals surface area contributed by atoms with Gasteiger partial charge >= 0.3 is 11.2 Å². The van der Waals surface area contributed by atoms with Crippen LogP contribution < -0.4 is 15.1 Å². The highest BCUT2D eigenvalue weighted by Gasteiger charge is 2.23. The molecule has 5 heteroatoms. The van der Waals surface area contributed by atoms with E-state index in [9.17, 15) is 9.90 Å². The summed E-state index contributed by atoms with van der Waals surface area (Å²) in [4.78, 5) is 17.9. The van der Waals surface area contributed by atoms with Crippen molar-refractivity contribution in [2.75, 3.05) is 0 Å². The fourth-order valence-corrected chi connectivity index (χ4v) is 3.54. The highest BCUT2D eigenvalue weighted by molar-refractivity contribution is 5.74. The second kappa shape index (κ2) is 6.32. The van der Waals surface area contributed by atoms with E-state index in [1.165, 1.54) is 0 Å². The van der Waals surface area contributed by atoms with Gasteiger partial charge in [-0.3, -0.25) is 0 Å². The molecule has 134 valence electrons. The fourth-order valence-electron chi connectivity index (χ4n) is 3.54. The Kier molecular flexibility index (Phi) is 3.66. The maximum atomic E-state index is 13.5. The predicted octanol–water partition coefficient (Wildman–Crippen LogP) is 2.87. The number of benzene rings is 3. The van der Waals surface area contributed by atoms with Gasteiger partial charge < -0.3 is 5.11 Å². The standard InChI is InChI=1S/C23H15N3O2/c27-22-21(16-9-3-1-4-10-16)23(28)26-19-14-8-7-13-18(19)24-15-20(26)25(22)17-11-5-2-6-12-17/h1-15H. The number of rotatable bonds is 2. The Bertz CT molecular complexity index is 1380. The topological polar surface area (TPSA) is 62.0 Å².